The number of rotatable bonds is 3. The normalized spacial score (nSPS) is 15.4. The van der Waals surface area contributed by atoms with Gasteiger partial charge in [-0.3, -0.25) is 0 Å². The lowest BCUT2D eigenvalue weighted by Crippen LogP contribution is -2.11. The molecule has 4 heteroatoms. The molecule has 0 saturated heterocycles. The summed E-state index contributed by atoms with van der Waals surface area (Å²) in [5, 5.41) is 0.479. The van der Waals surface area contributed by atoms with Crippen LogP contribution < -0.4 is 9.64 Å². The highest BCUT2D eigenvalue weighted by Crippen LogP contribution is 2.29. The van der Waals surface area contributed by atoms with Crippen molar-refractivity contribution in [3.63, 3.8) is 0 Å². The zero-order valence-electron chi connectivity index (χ0n) is 8.33. The van der Waals surface area contributed by atoms with E-state index >= 15 is 0 Å². The molecule has 3 nitrogen and oxygen atoms in total. The minimum atomic E-state index is 0.392. The van der Waals surface area contributed by atoms with E-state index < -0.39 is 0 Å². The van der Waals surface area contributed by atoms with Crippen LogP contribution in [0.5, 0.6) is 5.75 Å². The molecule has 2 rings (SSSR count). The quantitative estimate of drug-likeness (QED) is 0.720. The summed E-state index contributed by atoms with van der Waals surface area (Å²) in [6.07, 6.45) is 2.69. The Bertz CT molecular complexity index is 337. The van der Waals surface area contributed by atoms with E-state index in [0.29, 0.717) is 11.3 Å². The van der Waals surface area contributed by atoms with Crippen molar-refractivity contribution in [2.75, 3.05) is 19.0 Å². The van der Waals surface area contributed by atoms with Crippen LogP contribution in [0.25, 0.3) is 0 Å². The number of aromatic nitrogens is 1. The third kappa shape index (κ3) is 2.29. The molecule has 0 radical (unpaired) electrons. The van der Waals surface area contributed by atoms with E-state index in [4.69, 9.17) is 16.3 Å². The van der Waals surface area contributed by atoms with E-state index in [1.165, 1.54) is 0 Å². The van der Waals surface area contributed by atoms with E-state index in [2.05, 4.69) is 4.98 Å². The predicted molar refractivity (Wildman–Crippen MR) is 57.2 cm³/mol. The fourth-order valence-corrected chi connectivity index (χ4v) is 1.33. The number of nitrogens with zero attached hydrogens (tertiary/aromatic N) is 2. The molecule has 1 saturated carbocycles. The smallest absolute Gasteiger partial charge is 0.135 e. The summed E-state index contributed by atoms with van der Waals surface area (Å²) in [7, 11) is 3.86. The van der Waals surface area contributed by atoms with Crippen LogP contribution in [0.4, 0.5) is 5.82 Å². The minimum absolute atomic E-state index is 0.392. The molecule has 1 aromatic rings. The molecule has 0 aromatic carbocycles. The van der Waals surface area contributed by atoms with E-state index in [9.17, 15) is 0 Å². The van der Waals surface area contributed by atoms with Gasteiger partial charge in [-0.25, -0.2) is 4.98 Å². The molecule has 0 atom stereocenters. The average Bonchev–Trinajstić information content (AvgIpc) is 2.87. The number of anilines is 1. The van der Waals surface area contributed by atoms with Crippen molar-refractivity contribution in [2.45, 2.75) is 18.9 Å². The summed E-state index contributed by atoms with van der Waals surface area (Å²) >= 11 is 5.88. The van der Waals surface area contributed by atoms with Crippen LogP contribution in [-0.2, 0) is 0 Å². The first-order chi connectivity index (χ1) is 6.65. The van der Waals surface area contributed by atoms with Gasteiger partial charge >= 0.3 is 0 Å². The highest BCUT2D eigenvalue weighted by Gasteiger charge is 2.23. The molecule has 1 fully saturated rings. The van der Waals surface area contributed by atoms with Gasteiger partial charge in [0.1, 0.15) is 16.7 Å². The first-order valence-electron chi connectivity index (χ1n) is 4.67. The Balaban J connectivity index is 2.21. The van der Waals surface area contributed by atoms with Crippen LogP contribution in [0.3, 0.4) is 0 Å². The maximum absolute atomic E-state index is 5.88. The number of hydrogen-bond acceptors (Lipinski definition) is 3. The lowest BCUT2D eigenvalue weighted by atomic mass is 10.4. The third-order valence-electron chi connectivity index (χ3n) is 2.04. The lowest BCUT2D eigenvalue weighted by molar-refractivity contribution is 0.303. The van der Waals surface area contributed by atoms with Crippen LogP contribution in [0, 0.1) is 0 Å². The number of ether oxygens (including phenoxy) is 1. The summed E-state index contributed by atoms with van der Waals surface area (Å²) in [4.78, 5) is 6.08. The number of hydrogen-bond donors (Lipinski definition) is 0. The van der Waals surface area contributed by atoms with Crippen LogP contribution in [0.2, 0.25) is 5.15 Å². The summed E-state index contributed by atoms with van der Waals surface area (Å²) in [6.45, 7) is 0. The molecule has 0 bridgehead atoms. The summed E-state index contributed by atoms with van der Waals surface area (Å²) < 4.78 is 5.65. The highest BCUT2D eigenvalue weighted by molar-refractivity contribution is 6.29. The van der Waals surface area contributed by atoms with E-state index in [1.807, 2.05) is 25.1 Å². The van der Waals surface area contributed by atoms with Gasteiger partial charge in [0.2, 0.25) is 0 Å². The summed E-state index contributed by atoms with van der Waals surface area (Å²) in [6, 6.07) is 3.66. The van der Waals surface area contributed by atoms with Gasteiger partial charge in [0, 0.05) is 26.2 Å². The van der Waals surface area contributed by atoms with E-state index in [1.54, 1.807) is 6.07 Å². The second-order valence-corrected chi connectivity index (χ2v) is 4.08. The SMILES string of the molecule is CN(C)c1cc(OC2CC2)cc(Cl)n1. The lowest BCUT2D eigenvalue weighted by Gasteiger charge is -2.13. The molecule has 76 valence electrons. The minimum Gasteiger partial charge on any atom is -0.490 e. The van der Waals surface area contributed by atoms with Crippen molar-refractivity contribution in [1.29, 1.82) is 0 Å². The first kappa shape index (κ1) is 9.59. The zero-order valence-corrected chi connectivity index (χ0v) is 9.08. The largest absolute Gasteiger partial charge is 0.490 e. The topological polar surface area (TPSA) is 25.4 Å². The standard InChI is InChI=1S/C10H13ClN2O/c1-13(2)10-6-8(5-9(11)12-10)14-7-3-4-7/h5-7H,3-4H2,1-2H3. The Kier molecular flexibility index (Phi) is 2.50. The van der Waals surface area contributed by atoms with Crippen molar-refractivity contribution in [3.05, 3.63) is 17.3 Å². The van der Waals surface area contributed by atoms with Gasteiger partial charge in [-0.2, -0.15) is 0 Å². The van der Waals surface area contributed by atoms with Crippen LogP contribution in [0.15, 0.2) is 12.1 Å². The van der Waals surface area contributed by atoms with Crippen molar-refractivity contribution < 1.29 is 4.74 Å². The van der Waals surface area contributed by atoms with Crippen molar-refractivity contribution in [3.8, 4) is 5.75 Å². The maximum Gasteiger partial charge on any atom is 0.135 e. The van der Waals surface area contributed by atoms with Crippen LogP contribution in [0.1, 0.15) is 12.8 Å². The van der Waals surface area contributed by atoms with Gasteiger partial charge in [-0.15, -0.1) is 0 Å². The highest BCUT2D eigenvalue weighted by atomic mass is 35.5. The third-order valence-corrected chi connectivity index (χ3v) is 2.23. The second kappa shape index (κ2) is 3.65. The molecule has 0 unspecified atom stereocenters. The van der Waals surface area contributed by atoms with Gasteiger partial charge < -0.3 is 9.64 Å². The Morgan fingerprint density at radius 3 is 2.71 bits per heavy atom. The molecule has 1 aromatic heterocycles. The zero-order chi connectivity index (χ0) is 10.1. The molecule has 0 aliphatic heterocycles. The average molecular weight is 213 g/mol. The monoisotopic (exact) mass is 212 g/mol. The fourth-order valence-electron chi connectivity index (χ4n) is 1.14. The Labute approximate surface area is 88.6 Å². The molecular weight excluding hydrogens is 200 g/mol. The number of halogens is 1. The molecule has 0 spiro atoms. The molecule has 1 aliphatic rings. The van der Waals surface area contributed by atoms with Crippen molar-refractivity contribution >= 4 is 17.4 Å². The Morgan fingerprint density at radius 2 is 2.14 bits per heavy atom. The summed E-state index contributed by atoms with van der Waals surface area (Å²) in [5.41, 5.74) is 0. The van der Waals surface area contributed by atoms with Crippen LogP contribution in [-0.4, -0.2) is 25.2 Å². The second-order valence-electron chi connectivity index (χ2n) is 3.70. The molecule has 1 heterocycles. The molecule has 0 N–H and O–H groups in total. The molecular formula is C10H13ClN2O. The molecule has 1 aliphatic carbocycles. The van der Waals surface area contributed by atoms with Gasteiger partial charge in [0.15, 0.2) is 0 Å². The van der Waals surface area contributed by atoms with Crippen molar-refractivity contribution in [1.82, 2.24) is 4.98 Å². The Morgan fingerprint density at radius 1 is 1.43 bits per heavy atom. The Hall–Kier alpha value is -0.960. The predicted octanol–water partition coefficient (Wildman–Crippen LogP) is 2.34. The van der Waals surface area contributed by atoms with E-state index in [-0.39, 0.29) is 0 Å². The van der Waals surface area contributed by atoms with Crippen molar-refractivity contribution in [2.24, 2.45) is 0 Å². The molecule has 14 heavy (non-hydrogen) atoms. The summed E-state index contributed by atoms with van der Waals surface area (Å²) in [5.74, 6) is 1.64. The van der Waals surface area contributed by atoms with Gasteiger partial charge in [0.25, 0.3) is 0 Å². The van der Waals surface area contributed by atoms with Crippen LogP contribution >= 0.6 is 11.6 Å². The van der Waals surface area contributed by atoms with E-state index in [0.717, 1.165) is 24.4 Å². The van der Waals surface area contributed by atoms with Gasteiger partial charge in [-0.05, 0) is 12.8 Å². The maximum atomic E-state index is 5.88. The number of pyridine rings is 1. The fraction of sp³-hybridized carbons (Fsp3) is 0.500. The van der Waals surface area contributed by atoms with Gasteiger partial charge in [0.05, 0.1) is 6.10 Å². The first-order valence-corrected chi connectivity index (χ1v) is 5.04. The molecule has 0 amide bonds. The van der Waals surface area contributed by atoms with Gasteiger partial charge in [-0.1, -0.05) is 11.6 Å².